The van der Waals surface area contributed by atoms with Gasteiger partial charge in [-0.15, -0.1) is 0 Å². The maximum absolute atomic E-state index is 14.1. The smallest absolute Gasteiger partial charge is 0.254 e. The molecule has 0 heterocycles. The number of nitrogens with zero attached hydrogens (tertiary/aromatic N) is 1. The molecule has 2 aromatic rings. The Labute approximate surface area is 155 Å². The van der Waals surface area contributed by atoms with Gasteiger partial charge in [-0.05, 0) is 54.0 Å². The number of methoxy groups -OCH3 is 1. The van der Waals surface area contributed by atoms with Gasteiger partial charge in [-0.2, -0.15) is 0 Å². The van der Waals surface area contributed by atoms with Crippen LogP contribution < -0.4 is 4.74 Å². The Hall–Kier alpha value is -1.92. The Morgan fingerprint density at radius 2 is 1.96 bits per heavy atom. The molecule has 0 atom stereocenters. The zero-order valence-electron chi connectivity index (χ0n) is 14.4. The van der Waals surface area contributed by atoms with E-state index in [1.807, 2.05) is 0 Å². The highest BCUT2D eigenvalue weighted by Crippen LogP contribution is 2.28. The van der Waals surface area contributed by atoms with Crippen molar-refractivity contribution in [1.29, 1.82) is 0 Å². The lowest BCUT2D eigenvalue weighted by Crippen LogP contribution is -2.49. The van der Waals surface area contributed by atoms with Crippen LogP contribution >= 0.6 is 15.9 Å². The lowest BCUT2D eigenvalue weighted by atomic mass is 10.0. The zero-order valence-corrected chi connectivity index (χ0v) is 16.0. The first-order valence-electron chi connectivity index (χ1n) is 7.80. The Morgan fingerprint density at radius 1 is 1.28 bits per heavy atom. The minimum absolute atomic E-state index is 0.0530. The van der Waals surface area contributed by atoms with Crippen LogP contribution in [0.25, 0.3) is 0 Å². The molecule has 0 aliphatic rings. The van der Waals surface area contributed by atoms with Crippen LogP contribution in [0.3, 0.4) is 0 Å². The summed E-state index contributed by atoms with van der Waals surface area (Å²) < 4.78 is 20.0. The van der Waals surface area contributed by atoms with Gasteiger partial charge in [0.05, 0.1) is 23.7 Å². The number of ether oxygens (including phenoxy) is 1. The summed E-state index contributed by atoms with van der Waals surface area (Å²) in [5.74, 6) is -0.172. The van der Waals surface area contributed by atoms with Crippen molar-refractivity contribution in [3.05, 3.63) is 63.9 Å². The van der Waals surface area contributed by atoms with Crippen LogP contribution in [0.2, 0.25) is 0 Å². The van der Waals surface area contributed by atoms with Crippen LogP contribution in [0.15, 0.2) is 46.9 Å². The third-order valence-electron chi connectivity index (χ3n) is 4.05. The van der Waals surface area contributed by atoms with Crippen molar-refractivity contribution >= 4 is 21.8 Å². The molecular formula is C19H21BrFNO3. The van der Waals surface area contributed by atoms with Crippen molar-refractivity contribution in [2.45, 2.75) is 25.9 Å². The molecule has 4 nitrogen and oxygen atoms in total. The van der Waals surface area contributed by atoms with Crippen molar-refractivity contribution in [3.63, 3.8) is 0 Å². The predicted octanol–water partition coefficient (Wildman–Crippen LogP) is 4.01. The molecule has 1 N–H and O–H groups in total. The van der Waals surface area contributed by atoms with E-state index in [0.29, 0.717) is 16.9 Å². The van der Waals surface area contributed by atoms with Crippen molar-refractivity contribution in [2.75, 3.05) is 13.7 Å². The van der Waals surface area contributed by atoms with E-state index in [4.69, 9.17) is 4.74 Å². The Bertz CT molecular complexity index is 764. The summed E-state index contributed by atoms with van der Waals surface area (Å²) in [4.78, 5) is 14.5. The molecule has 2 aromatic carbocycles. The minimum Gasteiger partial charge on any atom is -0.496 e. The molecule has 0 saturated heterocycles. The second kappa shape index (κ2) is 7.97. The van der Waals surface area contributed by atoms with Gasteiger partial charge in [-0.1, -0.05) is 18.2 Å². The standard InChI is InChI=1S/C19H21BrFNO3/c1-19(2,12-23)22(11-14-6-4-5-7-16(14)21)18(24)13-8-9-15(20)17(10-13)25-3/h4-10,23H,11-12H2,1-3H3. The number of benzene rings is 2. The molecule has 0 spiro atoms. The second-order valence-corrected chi connectivity index (χ2v) is 7.16. The second-order valence-electron chi connectivity index (χ2n) is 6.30. The summed E-state index contributed by atoms with van der Waals surface area (Å²) in [6.07, 6.45) is 0. The first kappa shape index (κ1) is 19.4. The summed E-state index contributed by atoms with van der Waals surface area (Å²) in [6.45, 7) is 3.28. The zero-order chi connectivity index (χ0) is 18.6. The first-order chi connectivity index (χ1) is 11.8. The minimum atomic E-state index is -0.861. The summed E-state index contributed by atoms with van der Waals surface area (Å²) in [7, 11) is 1.52. The quantitative estimate of drug-likeness (QED) is 0.783. The molecule has 134 valence electrons. The van der Waals surface area contributed by atoms with E-state index >= 15 is 0 Å². The normalized spacial score (nSPS) is 11.3. The number of rotatable bonds is 6. The molecular weight excluding hydrogens is 389 g/mol. The van der Waals surface area contributed by atoms with Crippen LogP contribution in [-0.2, 0) is 6.54 Å². The monoisotopic (exact) mass is 409 g/mol. The number of hydrogen-bond donors (Lipinski definition) is 1. The molecule has 0 radical (unpaired) electrons. The van der Waals surface area contributed by atoms with Crippen LogP contribution in [-0.4, -0.2) is 35.2 Å². The summed E-state index contributed by atoms with van der Waals surface area (Å²) in [6, 6.07) is 11.3. The highest BCUT2D eigenvalue weighted by molar-refractivity contribution is 9.10. The lowest BCUT2D eigenvalue weighted by molar-refractivity contribution is 0.0336. The van der Waals surface area contributed by atoms with Gasteiger partial charge in [0.15, 0.2) is 0 Å². The van der Waals surface area contributed by atoms with Gasteiger partial charge in [0, 0.05) is 17.7 Å². The number of carbonyl (C=O) groups is 1. The molecule has 0 aliphatic heterocycles. The molecule has 6 heteroatoms. The number of hydrogen-bond acceptors (Lipinski definition) is 3. The summed E-state index contributed by atoms with van der Waals surface area (Å²) in [5.41, 5.74) is -0.0704. The molecule has 2 rings (SSSR count). The van der Waals surface area contributed by atoms with Crippen LogP contribution in [0.1, 0.15) is 29.8 Å². The van der Waals surface area contributed by atoms with E-state index in [-0.39, 0.29) is 24.9 Å². The van der Waals surface area contributed by atoms with Crippen molar-refractivity contribution in [3.8, 4) is 5.75 Å². The summed E-state index contributed by atoms with van der Waals surface area (Å²) in [5, 5.41) is 9.73. The molecule has 25 heavy (non-hydrogen) atoms. The molecule has 0 saturated carbocycles. The molecule has 0 aliphatic carbocycles. The Balaban J connectivity index is 2.42. The first-order valence-corrected chi connectivity index (χ1v) is 8.59. The predicted molar refractivity (Wildman–Crippen MR) is 98.1 cm³/mol. The fourth-order valence-corrected chi connectivity index (χ4v) is 2.80. The lowest BCUT2D eigenvalue weighted by Gasteiger charge is -2.37. The molecule has 0 unspecified atom stereocenters. The largest absolute Gasteiger partial charge is 0.496 e. The van der Waals surface area contributed by atoms with E-state index in [9.17, 15) is 14.3 Å². The summed E-state index contributed by atoms with van der Waals surface area (Å²) >= 11 is 3.35. The van der Waals surface area contributed by atoms with Crippen LogP contribution in [0.4, 0.5) is 4.39 Å². The average molecular weight is 410 g/mol. The number of aliphatic hydroxyl groups is 1. The van der Waals surface area contributed by atoms with E-state index in [1.54, 1.807) is 50.2 Å². The van der Waals surface area contributed by atoms with Crippen molar-refractivity contribution in [2.24, 2.45) is 0 Å². The molecule has 0 bridgehead atoms. The average Bonchev–Trinajstić information content (AvgIpc) is 2.60. The topological polar surface area (TPSA) is 49.8 Å². The number of carbonyl (C=O) groups excluding carboxylic acids is 1. The number of halogens is 2. The maximum atomic E-state index is 14.1. The highest BCUT2D eigenvalue weighted by Gasteiger charge is 2.32. The van der Waals surface area contributed by atoms with E-state index in [1.165, 1.54) is 18.1 Å². The fourth-order valence-electron chi connectivity index (χ4n) is 2.39. The van der Waals surface area contributed by atoms with Crippen LogP contribution in [0, 0.1) is 5.82 Å². The van der Waals surface area contributed by atoms with E-state index in [2.05, 4.69) is 15.9 Å². The maximum Gasteiger partial charge on any atom is 0.254 e. The van der Waals surface area contributed by atoms with Gasteiger partial charge < -0.3 is 14.7 Å². The van der Waals surface area contributed by atoms with Gasteiger partial charge in [0.25, 0.3) is 5.91 Å². The number of amides is 1. The van der Waals surface area contributed by atoms with Gasteiger partial charge in [-0.25, -0.2) is 4.39 Å². The Morgan fingerprint density at radius 3 is 2.56 bits per heavy atom. The number of aliphatic hydroxyl groups excluding tert-OH is 1. The highest BCUT2D eigenvalue weighted by atomic mass is 79.9. The molecule has 1 amide bonds. The van der Waals surface area contributed by atoms with E-state index < -0.39 is 5.54 Å². The Kier molecular flexibility index (Phi) is 6.19. The SMILES string of the molecule is COc1cc(C(=O)N(Cc2ccccc2F)C(C)(C)CO)ccc1Br. The van der Waals surface area contributed by atoms with Gasteiger partial charge in [-0.3, -0.25) is 4.79 Å². The van der Waals surface area contributed by atoms with Gasteiger partial charge >= 0.3 is 0 Å². The third kappa shape index (κ3) is 4.38. The molecule has 0 aromatic heterocycles. The van der Waals surface area contributed by atoms with Crippen molar-refractivity contribution < 1.29 is 19.0 Å². The van der Waals surface area contributed by atoms with Crippen molar-refractivity contribution in [1.82, 2.24) is 4.90 Å². The van der Waals surface area contributed by atoms with Gasteiger partial charge in [0.1, 0.15) is 11.6 Å². The van der Waals surface area contributed by atoms with E-state index in [0.717, 1.165) is 4.47 Å². The fraction of sp³-hybridized carbons (Fsp3) is 0.316. The van der Waals surface area contributed by atoms with Gasteiger partial charge in [0.2, 0.25) is 0 Å². The third-order valence-corrected chi connectivity index (χ3v) is 4.70. The van der Waals surface area contributed by atoms with Crippen LogP contribution in [0.5, 0.6) is 5.75 Å². The molecule has 0 fully saturated rings.